The van der Waals surface area contributed by atoms with E-state index >= 15 is 0 Å². The minimum atomic E-state index is 0.0675. The Hall–Kier alpha value is -1.49. The largest absolute Gasteiger partial charge is 0.337 e. The van der Waals surface area contributed by atoms with Crippen molar-refractivity contribution >= 4 is 5.91 Å². The molecule has 0 bridgehead atoms. The molecular formula is C17H26N4O. The fraction of sp³-hybridized carbons (Fsp3) is 0.706. The van der Waals surface area contributed by atoms with E-state index < -0.39 is 0 Å². The highest BCUT2D eigenvalue weighted by atomic mass is 16.2. The van der Waals surface area contributed by atoms with Gasteiger partial charge in [-0.05, 0) is 38.9 Å². The van der Waals surface area contributed by atoms with Gasteiger partial charge in [-0.2, -0.15) is 0 Å². The zero-order valence-electron chi connectivity index (χ0n) is 13.9. The second-order valence-electron chi connectivity index (χ2n) is 7.27. The Labute approximate surface area is 132 Å². The predicted molar refractivity (Wildman–Crippen MR) is 85.8 cm³/mol. The average Bonchev–Trinajstić information content (AvgIpc) is 2.87. The van der Waals surface area contributed by atoms with Crippen molar-refractivity contribution < 1.29 is 4.79 Å². The highest BCUT2D eigenvalue weighted by molar-refractivity contribution is 5.92. The topological polar surface area (TPSA) is 49.3 Å². The molecule has 1 amide bonds. The van der Waals surface area contributed by atoms with Crippen LogP contribution in [-0.2, 0) is 0 Å². The van der Waals surface area contributed by atoms with Crippen LogP contribution in [-0.4, -0.2) is 58.9 Å². The highest BCUT2D eigenvalue weighted by Crippen LogP contribution is 2.38. The van der Waals surface area contributed by atoms with Crippen LogP contribution in [0.3, 0.4) is 0 Å². The fourth-order valence-electron chi connectivity index (χ4n) is 3.81. The van der Waals surface area contributed by atoms with Crippen molar-refractivity contribution in [1.82, 2.24) is 19.8 Å². The number of hydrogen-bond acceptors (Lipinski definition) is 4. The first-order valence-corrected chi connectivity index (χ1v) is 8.30. The third-order valence-corrected chi connectivity index (χ3v) is 4.99. The van der Waals surface area contributed by atoms with Gasteiger partial charge in [0.1, 0.15) is 11.5 Å². The summed E-state index contributed by atoms with van der Waals surface area (Å²) in [5.74, 6) is 1.06. The molecule has 5 heteroatoms. The van der Waals surface area contributed by atoms with Gasteiger partial charge < -0.3 is 9.80 Å². The molecule has 2 saturated heterocycles. The fourth-order valence-corrected chi connectivity index (χ4v) is 3.81. The van der Waals surface area contributed by atoms with Crippen LogP contribution in [0.4, 0.5) is 0 Å². The molecule has 2 aliphatic heterocycles. The van der Waals surface area contributed by atoms with Gasteiger partial charge in [0.2, 0.25) is 0 Å². The van der Waals surface area contributed by atoms with Crippen LogP contribution >= 0.6 is 0 Å². The van der Waals surface area contributed by atoms with Crippen molar-refractivity contribution in [1.29, 1.82) is 0 Å². The molecule has 1 aromatic rings. The maximum absolute atomic E-state index is 12.8. The molecule has 3 rings (SSSR count). The van der Waals surface area contributed by atoms with Crippen LogP contribution in [0.15, 0.2) is 12.3 Å². The maximum Gasteiger partial charge on any atom is 0.272 e. The van der Waals surface area contributed by atoms with Crippen LogP contribution in [0.1, 0.15) is 55.3 Å². The van der Waals surface area contributed by atoms with Gasteiger partial charge in [0.25, 0.3) is 5.91 Å². The molecular weight excluding hydrogens is 276 g/mol. The molecule has 1 atom stereocenters. The summed E-state index contributed by atoms with van der Waals surface area (Å²) in [6.45, 7) is 8.08. The van der Waals surface area contributed by atoms with Crippen LogP contribution in [0.2, 0.25) is 0 Å². The van der Waals surface area contributed by atoms with Crippen LogP contribution in [0.25, 0.3) is 0 Å². The molecule has 1 spiro atoms. The third kappa shape index (κ3) is 3.00. The average molecular weight is 302 g/mol. The summed E-state index contributed by atoms with van der Waals surface area (Å²) < 4.78 is 0. The monoisotopic (exact) mass is 302 g/mol. The van der Waals surface area contributed by atoms with Gasteiger partial charge in [-0.25, -0.2) is 9.97 Å². The van der Waals surface area contributed by atoms with Gasteiger partial charge in [-0.1, -0.05) is 13.8 Å². The molecule has 3 heterocycles. The lowest BCUT2D eigenvalue weighted by Gasteiger charge is -2.40. The second kappa shape index (κ2) is 5.95. The summed E-state index contributed by atoms with van der Waals surface area (Å²) in [6.07, 6.45) is 5.25. The van der Waals surface area contributed by atoms with Gasteiger partial charge in [0.05, 0.1) is 0 Å². The molecule has 5 nitrogen and oxygen atoms in total. The Morgan fingerprint density at radius 1 is 1.27 bits per heavy atom. The molecule has 0 N–H and O–H groups in total. The van der Waals surface area contributed by atoms with Gasteiger partial charge in [-0.15, -0.1) is 0 Å². The van der Waals surface area contributed by atoms with E-state index in [4.69, 9.17) is 0 Å². The summed E-state index contributed by atoms with van der Waals surface area (Å²) in [4.78, 5) is 25.9. The first-order valence-electron chi connectivity index (χ1n) is 8.30. The Morgan fingerprint density at radius 3 is 2.77 bits per heavy atom. The molecule has 120 valence electrons. The van der Waals surface area contributed by atoms with Gasteiger partial charge in [-0.3, -0.25) is 4.79 Å². The number of nitrogens with zero attached hydrogens (tertiary/aromatic N) is 4. The van der Waals surface area contributed by atoms with Crippen molar-refractivity contribution in [2.75, 3.05) is 33.2 Å². The van der Waals surface area contributed by atoms with Gasteiger partial charge in [0, 0.05) is 37.2 Å². The van der Waals surface area contributed by atoms with Crippen molar-refractivity contribution in [2.24, 2.45) is 5.41 Å². The van der Waals surface area contributed by atoms with E-state index in [2.05, 4.69) is 21.9 Å². The number of aromatic nitrogens is 2. The molecule has 1 unspecified atom stereocenters. The summed E-state index contributed by atoms with van der Waals surface area (Å²) in [5, 5.41) is 0. The number of piperidine rings is 1. The number of carbonyl (C=O) groups excluding carboxylic acids is 1. The zero-order chi connectivity index (χ0) is 15.7. The summed E-state index contributed by atoms with van der Waals surface area (Å²) in [5.41, 5.74) is 0.846. The van der Waals surface area contributed by atoms with E-state index in [0.29, 0.717) is 11.1 Å². The number of rotatable bonds is 2. The first-order chi connectivity index (χ1) is 10.5. The number of hydrogen-bond donors (Lipinski definition) is 0. The van der Waals surface area contributed by atoms with Crippen molar-refractivity contribution in [3.8, 4) is 0 Å². The Balaban J connectivity index is 1.76. The second-order valence-corrected chi connectivity index (χ2v) is 7.27. The molecule has 22 heavy (non-hydrogen) atoms. The predicted octanol–water partition coefficient (Wildman–Crippen LogP) is 2.16. The van der Waals surface area contributed by atoms with Gasteiger partial charge in [0.15, 0.2) is 0 Å². The maximum atomic E-state index is 12.8. The molecule has 1 aromatic heterocycles. The quantitative estimate of drug-likeness (QED) is 0.840. The van der Waals surface area contributed by atoms with Crippen LogP contribution in [0.5, 0.6) is 0 Å². The van der Waals surface area contributed by atoms with Gasteiger partial charge >= 0.3 is 0 Å². The lowest BCUT2D eigenvalue weighted by atomic mass is 9.79. The molecule has 0 aromatic carbocycles. The van der Waals surface area contributed by atoms with E-state index in [1.54, 1.807) is 12.3 Å². The lowest BCUT2D eigenvalue weighted by Crippen LogP contribution is -2.47. The lowest BCUT2D eigenvalue weighted by molar-refractivity contribution is 0.0528. The Kier molecular flexibility index (Phi) is 4.17. The van der Waals surface area contributed by atoms with E-state index in [1.807, 2.05) is 18.7 Å². The summed E-state index contributed by atoms with van der Waals surface area (Å²) in [6, 6.07) is 1.75. The molecule has 0 radical (unpaired) electrons. The number of amides is 1. The Morgan fingerprint density at radius 2 is 2.09 bits per heavy atom. The summed E-state index contributed by atoms with van der Waals surface area (Å²) >= 11 is 0. The van der Waals surface area contributed by atoms with Crippen LogP contribution in [0, 0.1) is 5.41 Å². The van der Waals surface area contributed by atoms with Crippen molar-refractivity contribution in [2.45, 2.75) is 39.0 Å². The van der Waals surface area contributed by atoms with E-state index in [9.17, 15) is 4.79 Å². The van der Waals surface area contributed by atoms with Crippen molar-refractivity contribution in [3.05, 3.63) is 23.8 Å². The van der Waals surface area contributed by atoms with E-state index in [1.165, 1.54) is 12.8 Å². The highest BCUT2D eigenvalue weighted by Gasteiger charge is 2.41. The van der Waals surface area contributed by atoms with Crippen LogP contribution < -0.4 is 0 Å². The number of carbonyl (C=O) groups is 1. The van der Waals surface area contributed by atoms with E-state index in [-0.39, 0.29) is 11.8 Å². The Bertz CT molecular complexity index is 555. The minimum Gasteiger partial charge on any atom is -0.337 e. The molecule has 0 aliphatic carbocycles. The normalized spacial score (nSPS) is 26.1. The molecule has 0 saturated carbocycles. The number of likely N-dealkylation sites (tertiary alicyclic amines) is 2. The SMILES string of the molecule is CC(C)c1nccc(C(=O)N2CCCC3(CCN(C)C3)C2)n1. The molecule has 2 fully saturated rings. The molecule has 2 aliphatic rings. The first kappa shape index (κ1) is 15.4. The summed E-state index contributed by atoms with van der Waals surface area (Å²) in [7, 11) is 2.18. The zero-order valence-corrected chi connectivity index (χ0v) is 13.9. The standard InChI is InChI=1S/C17H26N4O/c1-13(2)15-18-8-5-14(19-15)16(22)21-9-4-6-17(12-21)7-10-20(3)11-17/h5,8,13H,4,6-7,9-12H2,1-3H3. The minimum absolute atomic E-state index is 0.0675. The van der Waals surface area contributed by atoms with E-state index in [0.717, 1.165) is 38.4 Å². The smallest absolute Gasteiger partial charge is 0.272 e. The van der Waals surface area contributed by atoms with Crippen molar-refractivity contribution in [3.63, 3.8) is 0 Å². The third-order valence-electron chi connectivity index (χ3n) is 4.99.